The number of nitrogens with one attached hydrogen (secondary N) is 2. The molecule has 1 aromatic heterocycles. The number of aromatic nitrogens is 2. The summed E-state index contributed by atoms with van der Waals surface area (Å²) < 4.78 is 0. The van der Waals surface area contributed by atoms with Gasteiger partial charge in [0.2, 0.25) is 5.91 Å². The Morgan fingerprint density at radius 3 is 2.88 bits per heavy atom. The van der Waals surface area contributed by atoms with Gasteiger partial charge in [-0.3, -0.25) is 4.79 Å². The van der Waals surface area contributed by atoms with E-state index < -0.39 is 0 Å². The first kappa shape index (κ1) is 12.7. The molecule has 0 aliphatic rings. The van der Waals surface area contributed by atoms with Crippen LogP contribution in [0.3, 0.4) is 0 Å². The van der Waals surface area contributed by atoms with Gasteiger partial charge < -0.3 is 10.6 Å². The van der Waals surface area contributed by atoms with Crippen molar-refractivity contribution in [3.63, 3.8) is 0 Å². The van der Waals surface area contributed by atoms with Crippen LogP contribution in [0.1, 0.15) is 20.3 Å². The maximum atomic E-state index is 11.3. The van der Waals surface area contributed by atoms with Crippen LogP contribution < -0.4 is 10.6 Å². The van der Waals surface area contributed by atoms with Crippen molar-refractivity contribution in [2.24, 2.45) is 0 Å². The fraction of sp³-hybridized carbons (Fsp3) is 0.500. The first-order valence-electron chi connectivity index (χ1n) is 5.08. The highest BCUT2D eigenvalue weighted by molar-refractivity contribution is 6.29. The van der Waals surface area contributed by atoms with Gasteiger partial charge in [-0.25, -0.2) is 9.97 Å². The van der Waals surface area contributed by atoms with Crippen LogP contribution in [0, 0.1) is 0 Å². The van der Waals surface area contributed by atoms with E-state index in [1.54, 1.807) is 6.07 Å². The van der Waals surface area contributed by atoms with E-state index in [1.165, 1.54) is 6.33 Å². The van der Waals surface area contributed by atoms with Crippen LogP contribution in [0.25, 0.3) is 0 Å². The zero-order valence-corrected chi connectivity index (χ0v) is 10.1. The van der Waals surface area contributed by atoms with Gasteiger partial charge in [-0.2, -0.15) is 0 Å². The van der Waals surface area contributed by atoms with Crippen molar-refractivity contribution >= 4 is 23.3 Å². The van der Waals surface area contributed by atoms with Crippen molar-refractivity contribution in [2.75, 3.05) is 11.9 Å². The van der Waals surface area contributed by atoms with Gasteiger partial charge in [-0.1, -0.05) is 11.6 Å². The number of anilines is 1. The minimum absolute atomic E-state index is 0.0163. The lowest BCUT2D eigenvalue weighted by molar-refractivity contribution is -0.121. The van der Waals surface area contributed by atoms with Gasteiger partial charge in [0.25, 0.3) is 0 Å². The van der Waals surface area contributed by atoms with E-state index >= 15 is 0 Å². The third-order valence-electron chi connectivity index (χ3n) is 1.74. The van der Waals surface area contributed by atoms with Crippen molar-refractivity contribution in [3.05, 3.63) is 17.5 Å². The second-order valence-electron chi connectivity index (χ2n) is 3.62. The van der Waals surface area contributed by atoms with Crippen molar-refractivity contribution in [3.8, 4) is 0 Å². The van der Waals surface area contributed by atoms with Crippen LogP contribution in [-0.2, 0) is 4.79 Å². The standard InChI is InChI=1S/C10H15ClN4O/c1-7(2)15-10(16)3-4-12-9-5-8(11)13-6-14-9/h5-7H,3-4H2,1-2H3,(H,15,16)(H,12,13,14). The first-order valence-corrected chi connectivity index (χ1v) is 5.46. The predicted octanol–water partition coefficient (Wildman–Crippen LogP) is 1.46. The maximum absolute atomic E-state index is 11.3. The van der Waals surface area contributed by atoms with Gasteiger partial charge >= 0.3 is 0 Å². The highest BCUT2D eigenvalue weighted by Gasteiger charge is 2.03. The quantitative estimate of drug-likeness (QED) is 0.767. The first-order chi connectivity index (χ1) is 7.58. The van der Waals surface area contributed by atoms with Crippen LogP contribution in [0.15, 0.2) is 12.4 Å². The second kappa shape index (κ2) is 6.27. The molecule has 0 radical (unpaired) electrons. The smallest absolute Gasteiger partial charge is 0.221 e. The average Bonchev–Trinajstić information content (AvgIpc) is 2.16. The van der Waals surface area contributed by atoms with Gasteiger partial charge in [-0.15, -0.1) is 0 Å². The number of halogens is 1. The summed E-state index contributed by atoms with van der Waals surface area (Å²) in [5, 5.41) is 6.17. The summed E-state index contributed by atoms with van der Waals surface area (Å²) >= 11 is 5.68. The molecular weight excluding hydrogens is 228 g/mol. The number of hydrogen-bond acceptors (Lipinski definition) is 4. The van der Waals surface area contributed by atoms with E-state index in [4.69, 9.17) is 11.6 Å². The van der Waals surface area contributed by atoms with E-state index in [2.05, 4.69) is 20.6 Å². The second-order valence-corrected chi connectivity index (χ2v) is 4.01. The molecule has 0 atom stereocenters. The monoisotopic (exact) mass is 242 g/mol. The normalized spacial score (nSPS) is 10.2. The van der Waals surface area contributed by atoms with Crippen molar-refractivity contribution in [2.45, 2.75) is 26.3 Å². The highest BCUT2D eigenvalue weighted by Crippen LogP contribution is 2.07. The molecule has 2 N–H and O–H groups in total. The van der Waals surface area contributed by atoms with Gasteiger partial charge in [0.15, 0.2) is 0 Å². The Kier molecular flexibility index (Phi) is 4.98. The number of hydrogen-bond donors (Lipinski definition) is 2. The van der Waals surface area contributed by atoms with Crippen LogP contribution in [0.5, 0.6) is 0 Å². The molecule has 1 amide bonds. The number of amides is 1. The van der Waals surface area contributed by atoms with E-state index in [-0.39, 0.29) is 11.9 Å². The minimum Gasteiger partial charge on any atom is -0.369 e. The topological polar surface area (TPSA) is 66.9 Å². The largest absolute Gasteiger partial charge is 0.369 e. The van der Waals surface area contributed by atoms with Crippen LogP contribution in [0.4, 0.5) is 5.82 Å². The third-order valence-corrected chi connectivity index (χ3v) is 1.95. The molecule has 0 saturated carbocycles. The molecule has 0 aliphatic carbocycles. The zero-order chi connectivity index (χ0) is 12.0. The van der Waals surface area contributed by atoms with E-state index in [9.17, 15) is 4.79 Å². The molecular formula is C10H15ClN4O. The molecule has 0 aliphatic heterocycles. The van der Waals surface area contributed by atoms with Gasteiger partial charge in [0.05, 0.1) is 0 Å². The molecule has 0 spiro atoms. The highest BCUT2D eigenvalue weighted by atomic mass is 35.5. The molecule has 5 nitrogen and oxygen atoms in total. The lowest BCUT2D eigenvalue weighted by atomic mass is 10.3. The molecule has 1 rings (SSSR count). The Morgan fingerprint density at radius 1 is 1.50 bits per heavy atom. The summed E-state index contributed by atoms with van der Waals surface area (Å²) in [5.74, 6) is 0.639. The number of nitrogens with zero attached hydrogens (tertiary/aromatic N) is 2. The third kappa shape index (κ3) is 4.93. The Hall–Kier alpha value is -1.36. The van der Waals surface area contributed by atoms with Crippen molar-refractivity contribution in [1.82, 2.24) is 15.3 Å². The van der Waals surface area contributed by atoms with Gasteiger partial charge in [0.1, 0.15) is 17.3 Å². The van der Waals surface area contributed by atoms with E-state index in [0.29, 0.717) is 23.9 Å². The Bertz CT molecular complexity index is 356. The Labute approximate surface area is 99.6 Å². The fourth-order valence-electron chi connectivity index (χ4n) is 1.13. The van der Waals surface area contributed by atoms with Gasteiger partial charge in [-0.05, 0) is 13.8 Å². The molecule has 16 heavy (non-hydrogen) atoms. The molecule has 0 unspecified atom stereocenters. The maximum Gasteiger partial charge on any atom is 0.221 e. The van der Waals surface area contributed by atoms with Gasteiger partial charge in [0, 0.05) is 25.1 Å². The predicted molar refractivity (Wildman–Crippen MR) is 63.4 cm³/mol. The number of carbonyl (C=O) groups is 1. The van der Waals surface area contributed by atoms with Crippen molar-refractivity contribution < 1.29 is 4.79 Å². The Morgan fingerprint density at radius 2 is 2.25 bits per heavy atom. The molecule has 1 aromatic rings. The van der Waals surface area contributed by atoms with Crippen LogP contribution >= 0.6 is 11.6 Å². The summed E-state index contributed by atoms with van der Waals surface area (Å²) in [6.07, 6.45) is 1.78. The molecule has 0 saturated heterocycles. The van der Waals surface area contributed by atoms with Crippen LogP contribution in [0.2, 0.25) is 5.15 Å². The molecule has 6 heteroatoms. The molecule has 1 heterocycles. The summed E-state index contributed by atoms with van der Waals surface area (Å²) in [4.78, 5) is 19.0. The van der Waals surface area contributed by atoms with Crippen molar-refractivity contribution in [1.29, 1.82) is 0 Å². The summed E-state index contributed by atoms with van der Waals surface area (Å²) in [6, 6.07) is 1.78. The number of rotatable bonds is 5. The molecule has 0 aromatic carbocycles. The summed E-state index contributed by atoms with van der Waals surface area (Å²) in [6.45, 7) is 4.37. The summed E-state index contributed by atoms with van der Waals surface area (Å²) in [5.41, 5.74) is 0. The summed E-state index contributed by atoms with van der Waals surface area (Å²) in [7, 11) is 0. The molecule has 88 valence electrons. The SMILES string of the molecule is CC(C)NC(=O)CCNc1cc(Cl)ncn1. The Balaban J connectivity index is 2.28. The molecule has 0 bridgehead atoms. The lowest BCUT2D eigenvalue weighted by Gasteiger charge is -2.08. The average molecular weight is 243 g/mol. The van der Waals surface area contributed by atoms with E-state index in [0.717, 1.165) is 0 Å². The number of carbonyl (C=O) groups excluding carboxylic acids is 1. The zero-order valence-electron chi connectivity index (χ0n) is 9.33. The van der Waals surface area contributed by atoms with E-state index in [1.807, 2.05) is 13.8 Å². The molecule has 0 fully saturated rings. The lowest BCUT2D eigenvalue weighted by Crippen LogP contribution is -2.31. The van der Waals surface area contributed by atoms with Crippen LogP contribution in [-0.4, -0.2) is 28.5 Å². The fourth-order valence-corrected chi connectivity index (χ4v) is 1.28. The minimum atomic E-state index is 0.0163.